The quantitative estimate of drug-likeness (QED) is 0.361. The third-order valence-corrected chi connectivity index (χ3v) is 5.29. The van der Waals surface area contributed by atoms with Crippen molar-refractivity contribution in [2.75, 3.05) is 12.0 Å². The van der Waals surface area contributed by atoms with Crippen LogP contribution >= 0.6 is 0 Å². The molecule has 1 saturated heterocycles. The molecule has 0 aromatic heterocycles. The van der Waals surface area contributed by atoms with Gasteiger partial charge in [0, 0.05) is 11.3 Å². The van der Waals surface area contributed by atoms with Crippen molar-refractivity contribution in [2.24, 2.45) is 0 Å². The average Bonchev–Trinajstić information content (AvgIpc) is 3.09. The monoisotopic (exact) mass is 429 g/mol. The first kappa shape index (κ1) is 20.9. The summed E-state index contributed by atoms with van der Waals surface area (Å²) >= 11 is 0. The number of carbonyl (C=O) groups is 3. The van der Waals surface area contributed by atoms with Gasteiger partial charge in [-0.1, -0.05) is 36.4 Å². The van der Waals surface area contributed by atoms with Gasteiger partial charge in [0.2, 0.25) is 0 Å². The molecule has 2 N–H and O–H groups in total. The van der Waals surface area contributed by atoms with Crippen molar-refractivity contribution in [2.45, 2.75) is 6.04 Å². The van der Waals surface area contributed by atoms with Gasteiger partial charge in [0.1, 0.15) is 11.5 Å². The zero-order chi connectivity index (χ0) is 22.8. The van der Waals surface area contributed by atoms with Crippen LogP contribution < -0.4 is 9.64 Å². The maximum atomic E-state index is 13.1. The fraction of sp³-hybridized carbons (Fsp3) is 0.0800. The van der Waals surface area contributed by atoms with Crippen LogP contribution in [0.2, 0.25) is 0 Å². The van der Waals surface area contributed by atoms with E-state index in [1.165, 1.54) is 30.2 Å². The highest BCUT2D eigenvalue weighted by molar-refractivity contribution is 6.51. The maximum Gasteiger partial charge on any atom is 0.335 e. The molecule has 0 saturated carbocycles. The second-order valence-corrected chi connectivity index (χ2v) is 7.16. The van der Waals surface area contributed by atoms with E-state index in [-0.39, 0.29) is 22.6 Å². The number of aliphatic hydroxyl groups is 1. The molecule has 1 amide bonds. The van der Waals surface area contributed by atoms with Gasteiger partial charge in [-0.25, -0.2) is 4.79 Å². The molecule has 1 atom stereocenters. The summed E-state index contributed by atoms with van der Waals surface area (Å²) in [6, 6.07) is 20.1. The highest BCUT2D eigenvalue weighted by atomic mass is 16.5. The summed E-state index contributed by atoms with van der Waals surface area (Å²) in [4.78, 5) is 38.8. The summed E-state index contributed by atoms with van der Waals surface area (Å²) in [5.74, 6) is -2.61. The standard InChI is InChI=1S/C25H19NO6/c1-32-19-12-10-16(11-13-19)22(27)20-21(15-6-3-2-4-7-15)26(24(29)23(20)28)18-9-5-8-17(14-18)25(30)31/h2-14,21,27H,1H3,(H,30,31)/t21-/m1/s1. The van der Waals surface area contributed by atoms with Crippen LogP contribution in [0.1, 0.15) is 27.5 Å². The number of rotatable bonds is 5. The molecular weight excluding hydrogens is 410 g/mol. The van der Waals surface area contributed by atoms with E-state index in [1.54, 1.807) is 60.7 Å². The van der Waals surface area contributed by atoms with E-state index >= 15 is 0 Å². The van der Waals surface area contributed by atoms with Crippen molar-refractivity contribution in [3.63, 3.8) is 0 Å². The Labute approximate surface area is 183 Å². The van der Waals surface area contributed by atoms with E-state index in [0.29, 0.717) is 16.9 Å². The van der Waals surface area contributed by atoms with E-state index < -0.39 is 23.7 Å². The number of hydrogen-bond acceptors (Lipinski definition) is 5. The topological polar surface area (TPSA) is 104 Å². The van der Waals surface area contributed by atoms with Gasteiger partial charge in [0.05, 0.1) is 24.3 Å². The first-order valence-electron chi connectivity index (χ1n) is 9.76. The number of aromatic carboxylic acids is 1. The van der Waals surface area contributed by atoms with Crippen molar-refractivity contribution in [1.82, 2.24) is 0 Å². The number of ketones is 1. The lowest BCUT2D eigenvalue weighted by atomic mass is 9.95. The molecule has 7 nitrogen and oxygen atoms in total. The highest BCUT2D eigenvalue weighted by Crippen LogP contribution is 2.42. The minimum atomic E-state index is -1.15. The lowest BCUT2D eigenvalue weighted by Gasteiger charge is -2.25. The number of Topliss-reactive ketones (excluding diaryl/α,β-unsaturated/α-hetero) is 1. The number of hydrogen-bond donors (Lipinski definition) is 2. The highest BCUT2D eigenvalue weighted by Gasteiger charge is 2.47. The third-order valence-electron chi connectivity index (χ3n) is 5.29. The Morgan fingerprint density at radius 1 is 0.875 bits per heavy atom. The molecule has 3 aromatic rings. The van der Waals surface area contributed by atoms with Gasteiger partial charge >= 0.3 is 5.97 Å². The molecule has 0 unspecified atom stereocenters. The molecule has 1 fully saturated rings. The van der Waals surface area contributed by atoms with Crippen molar-refractivity contribution in [3.05, 3.63) is 101 Å². The molecule has 3 aromatic carbocycles. The molecule has 7 heteroatoms. The van der Waals surface area contributed by atoms with Crippen LogP contribution in [0.4, 0.5) is 5.69 Å². The van der Waals surface area contributed by atoms with Crippen molar-refractivity contribution >= 4 is 29.1 Å². The van der Waals surface area contributed by atoms with Crippen molar-refractivity contribution < 1.29 is 29.3 Å². The Bertz CT molecular complexity index is 1230. The number of anilines is 1. The predicted octanol–water partition coefficient (Wildman–Crippen LogP) is 4.02. The van der Waals surface area contributed by atoms with Crippen molar-refractivity contribution in [3.8, 4) is 5.75 Å². The zero-order valence-corrected chi connectivity index (χ0v) is 17.1. The van der Waals surface area contributed by atoms with Crippen LogP contribution in [0.15, 0.2) is 84.4 Å². The van der Waals surface area contributed by atoms with E-state index in [0.717, 1.165) is 0 Å². The molecule has 1 aliphatic heterocycles. The van der Waals surface area contributed by atoms with Gasteiger partial charge in [-0.05, 0) is 48.0 Å². The molecule has 0 radical (unpaired) electrons. The van der Waals surface area contributed by atoms with Gasteiger partial charge in [-0.2, -0.15) is 0 Å². The number of methoxy groups -OCH3 is 1. The fourth-order valence-corrected chi connectivity index (χ4v) is 3.74. The van der Waals surface area contributed by atoms with Gasteiger partial charge < -0.3 is 14.9 Å². The molecule has 1 aliphatic rings. The fourth-order valence-electron chi connectivity index (χ4n) is 3.74. The van der Waals surface area contributed by atoms with Gasteiger partial charge in [-0.15, -0.1) is 0 Å². The second kappa shape index (κ2) is 8.39. The molecule has 1 heterocycles. The number of amides is 1. The number of nitrogens with zero attached hydrogens (tertiary/aromatic N) is 1. The van der Waals surface area contributed by atoms with Crippen LogP contribution in [0.25, 0.3) is 5.76 Å². The van der Waals surface area contributed by atoms with Gasteiger partial charge in [0.15, 0.2) is 0 Å². The summed E-state index contributed by atoms with van der Waals surface area (Å²) in [5, 5.41) is 20.4. The molecule has 0 aliphatic carbocycles. The molecule has 32 heavy (non-hydrogen) atoms. The summed E-state index contributed by atoms with van der Waals surface area (Å²) in [5.41, 5.74) is 1.10. The van der Waals surface area contributed by atoms with Crippen molar-refractivity contribution in [1.29, 1.82) is 0 Å². The van der Waals surface area contributed by atoms with E-state index in [4.69, 9.17) is 4.74 Å². The average molecular weight is 429 g/mol. The van der Waals surface area contributed by atoms with Gasteiger partial charge in [-0.3, -0.25) is 14.5 Å². The molecule has 0 spiro atoms. The Morgan fingerprint density at radius 2 is 1.56 bits per heavy atom. The largest absolute Gasteiger partial charge is 0.507 e. The van der Waals surface area contributed by atoms with Crippen LogP contribution in [0.3, 0.4) is 0 Å². The summed E-state index contributed by atoms with van der Waals surface area (Å²) < 4.78 is 5.13. The predicted molar refractivity (Wildman–Crippen MR) is 118 cm³/mol. The Balaban J connectivity index is 1.92. The second-order valence-electron chi connectivity index (χ2n) is 7.16. The number of ether oxygens (including phenoxy) is 1. The maximum absolute atomic E-state index is 13.1. The molecule has 4 rings (SSSR count). The molecule has 160 valence electrons. The minimum absolute atomic E-state index is 0.0219. The van der Waals surface area contributed by atoms with Crippen LogP contribution in [0, 0.1) is 0 Å². The first-order valence-corrected chi connectivity index (χ1v) is 9.76. The zero-order valence-electron chi connectivity index (χ0n) is 17.1. The van der Waals surface area contributed by atoms with Crippen LogP contribution in [-0.4, -0.2) is 35.0 Å². The number of carboxylic acid groups (broad SMARTS) is 1. The number of aliphatic hydroxyl groups excluding tert-OH is 1. The first-order chi connectivity index (χ1) is 15.4. The van der Waals surface area contributed by atoms with E-state index in [1.807, 2.05) is 0 Å². The lowest BCUT2D eigenvalue weighted by Crippen LogP contribution is -2.29. The van der Waals surface area contributed by atoms with E-state index in [9.17, 15) is 24.6 Å². The van der Waals surface area contributed by atoms with Crippen LogP contribution in [0.5, 0.6) is 5.75 Å². The smallest absolute Gasteiger partial charge is 0.335 e. The lowest BCUT2D eigenvalue weighted by molar-refractivity contribution is -0.132. The Hall–Kier alpha value is -4.39. The van der Waals surface area contributed by atoms with Gasteiger partial charge in [0.25, 0.3) is 11.7 Å². The summed E-state index contributed by atoms with van der Waals surface area (Å²) in [6.45, 7) is 0. The summed E-state index contributed by atoms with van der Waals surface area (Å²) in [7, 11) is 1.51. The minimum Gasteiger partial charge on any atom is -0.507 e. The Morgan fingerprint density at radius 3 is 2.19 bits per heavy atom. The SMILES string of the molecule is COc1ccc(C(O)=C2C(=O)C(=O)N(c3cccc(C(=O)O)c3)[C@@H]2c2ccccc2)cc1. The normalized spacial score (nSPS) is 17.4. The molecule has 0 bridgehead atoms. The Kier molecular flexibility index (Phi) is 5.47. The molecular formula is C25H19NO6. The third kappa shape index (κ3) is 3.60. The van der Waals surface area contributed by atoms with E-state index in [2.05, 4.69) is 0 Å². The number of carbonyl (C=O) groups excluding carboxylic acids is 2. The summed E-state index contributed by atoms with van der Waals surface area (Å²) in [6.07, 6.45) is 0. The number of benzene rings is 3. The van der Waals surface area contributed by atoms with Crippen LogP contribution in [-0.2, 0) is 9.59 Å². The number of carboxylic acids is 1.